The molecule has 10 heteroatoms. The van der Waals surface area contributed by atoms with Crippen molar-refractivity contribution in [3.8, 4) is 0 Å². The van der Waals surface area contributed by atoms with E-state index in [1.807, 2.05) is 20.8 Å². The lowest BCUT2D eigenvalue weighted by molar-refractivity contribution is -0.140. The number of carbonyl (C=O) groups excluding carboxylic acids is 2. The van der Waals surface area contributed by atoms with Gasteiger partial charge >= 0.3 is 0 Å². The summed E-state index contributed by atoms with van der Waals surface area (Å²) in [5.41, 5.74) is 1.82. The van der Waals surface area contributed by atoms with Gasteiger partial charge in [-0.3, -0.25) is 13.9 Å². The number of carbonyl (C=O) groups is 2. The summed E-state index contributed by atoms with van der Waals surface area (Å²) in [5.74, 6) is -1.34. The lowest BCUT2D eigenvalue weighted by Gasteiger charge is -2.33. The van der Waals surface area contributed by atoms with Crippen molar-refractivity contribution >= 4 is 39.1 Å². The number of amides is 2. The second kappa shape index (κ2) is 13.8. The Morgan fingerprint density at radius 2 is 1.52 bits per heavy atom. The first-order chi connectivity index (χ1) is 19.0. The summed E-state index contributed by atoms with van der Waals surface area (Å²) in [6, 6.07) is 17.1. The average molecular weight is 588 g/mol. The fourth-order valence-corrected chi connectivity index (χ4v) is 5.66. The zero-order chi connectivity index (χ0) is 29.4. The molecule has 2 amide bonds. The molecule has 0 aliphatic rings. The van der Waals surface area contributed by atoms with Crippen molar-refractivity contribution in [3.05, 3.63) is 94.8 Å². The highest BCUT2D eigenvalue weighted by Gasteiger charge is 2.34. The predicted octanol–water partition coefficient (Wildman–Crippen LogP) is 5.70. The maximum Gasteiger partial charge on any atom is 0.264 e. The largest absolute Gasteiger partial charge is 0.352 e. The number of halogens is 2. The van der Waals surface area contributed by atoms with E-state index in [4.69, 9.17) is 11.6 Å². The van der Waals surface area contributed by atoms with Crippen LogP contribution in [0.2, 0.25) is 5.02 Å². The second-order valence-corrected chi connectivity index (χ2v) is 12.0. The van der Waals surface area contributed by atoms with E-state index in [9.17, 15) is 22.4 Å². The number of benzene rings is 3. The molecule has 0 bridgehead atoms. The molecule has 40 heavy (non-hydrogen) atoms. The van der Waals surface area contributed by atoms with Gasteiger partial charge in [0.15, 0.2) is 0 Å². The van der Waals surface area contributed by atoms with Gasteiger partial charge in [-0.1, -0.05) is 55.3 Å². The van der Waals surface area contributed by atoms with Crippen molar-refractivity contribution < 1.29 is 22.4 Å². The molecule has 214 valence electrons. The quantitative estimate of drug-likeness (QED) is 0.294. The van der Waals surface area contributed by atoms with E-state index in [2.05, 4.69) is 5.32 Å². The molecule has 0 saturated heterocycles. The van der Waals surface area contributed by atoms with Crippen LogP contribution in [0.5, 0.6) is 0 Å². The van der Waals surface area contributed by atoms with E-state index in [0.29, 0.717) is 29.1 Å². The molecule has 7 nitrogen and oxygen atoms in total. The van der Waals surface area contributed by atoms with Crippen LogP contribution in [0.15, 0.2) is 77.7 Å². The monoisotopic (exact) mass is 587 g/mol. The Kier molecular flexibility index (Phi) is 10.7. The second-order valence-electron chi connectivity index (χ2n) is 9.69. The number of hydrogen-bond donors (Lipinski definition) is 1. The van der Waals surface area contributed by atoms with E-state index in [-0.39, 0.29) is 23.4 Å². The highest BCUT2D eigenvalue weighted by Crippen LogP contribution is 2.26. The number of anilines is 1. The molecule has 0 aliphatic carbocycles. The first-order valence-electron chi connectivity index (χ1n) is 13.2. The molecule has 0 heterocycles. The predicted molar refractivity (Wildman–Crippen MR) is 156 cm³/mol. The van der Waals surface area contributed by atoms with E-state index >= 15 is 0 Å². The Hall–Kier alpha value is -3.43. The third-order valence-corrected chi connectivity index (χ3v) is 8.70. The maximum atomic E-state index is 14.0. The van der Waals surface area contributed by atoms with Gasteiger partial charge in [0.2, 0.25) is 11.8 Å². The topological polar surface area (TPSA) is 86.8 Å². The molecule has 3 aromatic carbocycles. The van der Waals surface area contributed by atoms with Crippen molar-refractivity contribution in [1.29, 1.82) is 0 Å². The minimum atomic E-state index is -4.19. The molecule has 2 atom stereocenters. The number of rotatable bonds is 12. The summed E-state index contributed by atoms with van der Waals surface area (Å²) < 4.78 is 42.3. The van der Waals surface area contributed by atoms with Crippen molar-refractivity contribution in [1.82, 2.24) is 10.2 Å². The Balaban J connectivity index is 2.04. The van der Waals surface area contributed by atoms with Crippen LogP contribution >= 0.6 is 11.6 Å². The first-order valence-corrected chi connectivity index (χ1v) is 15.0. The Labute approximate surface area is 241 Å². The van der Waals surface area contributed by atoms with Crippen molar-refractivity contribution in [2.75, 3.05) is 10.8 Å². The van der Waals surface area contributed by atoms with E-state index in [0.717, 1.165) is 9.87 Å². The van der Waals surface area contributed by atoms with Gasteiger partial charge in [0, 0.05) is 17.6 Å². The van der Waals surface area contributed by atoms with Crippen molar-refractivity contribution in [2.45, 2.75) is 64.1 Å². The summed E-state index contributed by atoms with van der Waals surface area (Å²) >= 11 is 5.98. The van der Waals surface area contributed by atoms with Gasteiger partial charge in [0.05, 0.1) is 10.6 Å². The van der Waals surface area contributed by atoms with Crippen LogP contribution in [-0.4, -0.2) is 43.8 Å². The Bertz CT molecular complexity index is 1400. The minimum absolute atomic E-state index is 0.00568. The molecular formula is C30H35ClFN3O4S. The standard InChI is InChI=1S/C30H35ClFN3O4S/c1-5-22(4)33-30(37)28(6-2)34(19-23-9-13-25(32)14-10-23)29(36)20-35(26-15-7-21(3)8-16-26)40(38,39)27-17-11-24(31)12-18-27/h7-18,22,28H,5-6,19-20H2,1-4H3,(H,33,37)/t22-,28+/m1/s1. The van der Waals surface area contributed by atoms with E-state index in [1.54, 1.807) is 31.2 Å². The first kappa shape index (κ1) is 31.1. The summed E-state index contributed by atoms with van der Waals surface area (Å²) in [6.45, 7) is 6.91. The Morgan fingerprint density at radius 1 is 0.925 bits per heavy atom. The number of hydrogen-bond acceptors (Lipinski definition) is 4. The number of nitrogens with zero attached hydrogens (tertiary/aromatic N) is 2. The van der Waals surface area contributed by atoms with Crippen LogP contribution in [0, 0.1) is 12.7 Å². The van der Waals surface area contributed by atoms with Gasteiger partial charge < -0.3 is 10.2 Å². The summed E-state index contributed by atoms with van der Waals surface area (Å²) in [4.78, 5) is 28.6. The Morgan fingerprint density at radius 3 is 2.08 bits per heavy atom. The number of aryl methyl sites for hydroxylation is 1. The van der Waals surface area contributed by atoms with Crippen LogP contribution in [0.3, 0.4) is 0 Å². The zero-order valence-corrected chi connectivity index (χ0v) is 24.7. The number of nitrogens with one attached hydrogen (secondary N) is 1. The van der Waals surface area contributed by atoms with Gasteiger partial charge in [0.1, 0.15) is 18.4 Å². The van der Waals surface area contributed by atoms with Crippen LogP contribution in [0.1, 0.15) is 44.7 Å². The van der Waals surface area contributed by atoms with Crippen LogP contribution in [-0.2, 0) is 26.2 Å². The van der Waals surface area contributed by atoms with E-state index < -0.39 is 34.3 Å². The number of sulfonamides is 1. The van der Waals surface area contributed by atoms with Crippen LogP contribution in [0.25, 0.3) is 0 Å². The fraction of sp³-hybridized carbons (Fsp3) is 0.333. The maximum absolute atomic E-state index is 14.0. The molecule has 0 radical (unpaired) electrons. The summed E-state index contributed by atoms with van der Waals surface area (Å²) in [5, 5.41) is 3.30. The third kappa shape index (κ3) is 7.82. The van der Waals surface area contributed by atoms with Gasteiger partial charge in [-0.05, 0) is 80.8 Å². The van der Waals surface area contributed by atoms with Gasteiger partial charge in [0.25, 0.3) is 10.0 Å². The highest BCUT2D eigenvalue weighted by molar-refractivity contribution is 7.92. The van der Waals surface area contributed by atoms with Gasteiger partial charge in [-0.2, -0.15) is 0 Å². The smallest absolute Gasteiger partial charge is 0.264 e. The molecule has 1 N–H and O–H groups in total. The zero-order valence-electron chi connectivity index (χ0n) is 23.1. The lowest BCUT2D eigenvalue weighted by atomic mass is 10.1. The molecule has 0 unspecified atom stereocenters. The molecule has 3 aromatic rings. The van der Waals surface area contributed by atoms with Crippen LogP contribution in [0.4, 0.5) is 10.1 Å². The molecule has 0 fully saturated rings. The fourth-order valence-electron chi connectivity index (χ4n) is 4.12. The van der Waals surface area contributed by atoms with E-state index in [1.165, 1.54) is 53.4 Å². The highest BCUT2D eigenvalue weighted by atomic mass is 35.5. The lowest BCUT2D eigenvalue weighted by Crippen LogP contribution is -2.53. The minimum Gasteiger partial charge on any atom is -0.352 e. The van der Waals surface area contributed by atoms with Crippen molar-refractivity contribution in [3.63, 3.8) is 0 Å². The summed E-state index contributed by atoms with van der Waals surface area (Å²) in [6.07, 6.45) is 0.998. The summed E-state index contributed by atoms with van der Waals surface area (Å²) in [7, 11) is -4.19. The molecule has 0 saturated carbocycles. The molecule has 3 rings (SSSR count). The SMILES string of the molecule is CC[C@@H](C)NC(=O)[C@H](CC)N(Cc1ccc(F)cc1)C(=O)CN(c1ccc(C)cc1)S(=O)(=O)c1ccc(Cl)cc1. The molecule has 0 aliphatic heterocycles. The molecule has 0 aromatic heterocycles. The van der Waals surface area contributed by atoms with Crippen molar-refractivity contribution in [2.24, 2.45) is 0 Å². The normalized spacial score (nSPS) is 12.8. The van der Waals surface area contributed by atoms with Gasteiger partial charge in [-0.25, -0.2) is 12.8 Å². The average Bonchev–Trinajstić information content (AvgIpc) is 2.93. The van der Waals surface area contributed by atoms with Gasteiger partial charge in [-0.15, -0.1) is 0 Å². The third-order valence-electron chi connectivity index (χ3n) is 6.66. The molecule has 0 spiro atoms. The molecular weight excluding hydrogens is 553 g/mol. The van der Waals surface area contributed by atoms with Crippen LogP contribution < -0.4 is 9.62 Å².